The van der Waals surface area contributed by atoms with Gasteiger partial charge in [0.05, 0.1) is 5.69 Å². The number of benzene rings is 1. The largest absolute Gasteiger partial charge is 0.506 e. The first-order valence-electron chi connectivity index (χ1n) is 5.78. The van der Waals surface area contributed by atoms with E-state index in [-0.39, 0.29) is 11.3 Å². The van der Waals surface area contributed by atoms with Crippen LogP contribution in [0.25, 0.3) is 0 Å². The first-order valence-corrected chi connectivity index (χ1v) is 6.69. The van der Waals surface area contributed by atoms with Crippen LogP contribution >= 0.6 is 23.2 Å². The summed E-state index contributed by atoms with van der Waals surface area (Å²) in [5.41, 5.74) is 0.192. The van der Waals surface area contributed by atoms with Gasteiger partial charge in [0.2, 0.25) is 0 Å². The molecule has 20 heavy (non-hydrogen) atoms. The Morgan fingerprint density at radius 1 is 1.50 bits per heavy atom. The lowest BCUT2D eigenvalue weighted by molar-refractivity contribution is -0.117. The molecule has 0 atom stereocenters. The van der Waals surface area contributed by atoms with Gasteiger partial charge in [0.25, 0.3) is 5.91 Å². The Morgan fingerprint density at radius 3 is 2.90 bits per heavy atom. The quantitative estimate of drug-likeness (QED) is 0.248. The molecule has 0 bridgehead atoms. The van der Waals surface area contributed by atoms with Crippen molar-refractivity contribution in [2.45, 2.75) is 6.42 Å². The van der Waals surface area contributed by atoms with E-state index in [1.54, 1.807) is 6.07 Å². The summed E-state index contributed by atoms with van der Waals surface area (Å²) in [6.45, 7) is 0.393. The molecule has 0 saturated heterocycles. The maximum atomic E-state index is 11.6. The zero-order chi connectivity index (χ0) is 15.0. The van der Waals surface area contributed by atoms with E-state index in [1.165, 1.54) is 24.4 Å². The van der Waals surface area contributed by atoms with Crippen LogP contribution in [0.3, 0.4) is 0 Å². The van der Waals surface area contributed by atoms with Gasteiger partial charge in [-0.1, -0.05) is 11.6 Å². The molecule has 0 radical (unpaired) electrons. The number of phenolic OH excluding ortho intramolecular Hbond substituents is 1. The lowest BCUT2D eigenvalue weighted by Crippen LogP contribution is -2.26. The maximum absolute atomic E-state index is 11.6. The van der Waals surface area contributed by atoms with E-state index < -0.39 is 5.91 Å². The third-order valence-corrected chi connectivity index (χ3v) is 2.79. The van der Waals surface area contributed by atoms with Crippen molar-refractivity contribution in [1.82, 2.24) is 5.32 Å². The van der Waals surface area contributed by atoms with Crippen molar-refractivity contribution in [2.24, 2.45) is 0 Å². The molecule has 0 aliphatic heterocycles. The lowest BCUT2D eigenvalue weighted by atomic mass is 10.2. The summed E-state index contributed by atoms with van der Waals surface area (Å²) < 4.78 is 0. The fourth-order valence-electron chi connectivity index (χ4n) is 1.29. The molecule has 0 aliphatic carbocycles. The van der Waals surface area contributed by atoms with Gasteiger partial charge in [-0.2, -0.15) is 5.26 Å². The van der Waals surface area contributed by atoms with E-state index in [2.05, 4.69) is 10.6 Å². The highest BCUT2D eigenvalue weighted by atomic mass is 35.5. The van der Waals surface area contributed by atoms with Crippen LogP contribution in [0.5, 0.6) is 5.75 Å². The summed E-state index contributed by atoms with van der Waals surface area (Å²) in [5, 5.41) is 24.1. The van der Waals surface area contributed by atoms with Crippen LogP contribution in [-0.2, 0) is 4.79 Å². The summed E-state index contributed by atoms with van der Waals surface area (Å²) in [4.78, 5) is 11.6. The van der Waals surface area contributed by atoms with Crippen LogP contribution in [-0.4, -0.2) is 23.4 Å². The molecule has 5 nitrogen and oxygen atoms in total. The Hall–Kier alpha value is -1.90. The molecule has 1 rings (SSSR count). The Labute approximate surface area is 126 Å². The standard InChI is InChI=1S/C13H13Cl2N3O2/c14-4-1-5-17-13(20)9(7-16)8-18-11-6-10(15)2-3-12(11)19/h2-3,6,8,18-19H,1,4-5H2,(H,17,20)/b9-8-. The van der Waals surface area contributed by atoms with E-state index in [1.807, 2.05) is 0 Å². The second-order valence-corrected chi connectivity index (χ2v) is 4.59. The van der Waals surface area contributed by atoms with Crippen LogP contribution < -0.4 is 10.6 Å². The number of carbonyl (C=O) groups excluding carboxylic acids is 1. The smallest absolute Gasteiger partial charge is 0.263 e. The van der Waals surface area contributed by atoms with E-state index >= 15 is 0 Å². The van der Waals surface area contributed by atoms with Crippen molar-refractivity contribution in [3.63, 3.8) is 0 Å². The fraction of sp³-hybridized carbons (Fsp3) is 0.231. The zero-order valence-electron chi connectivity index (χ0n) is 10.5. The highest BCUT2D eigenvalue weighted by Crippen LogP contribution is 2.26. The molecule has 0 aromatic heterocycles. The Balaban J connectivity index is 2.73. The second-order valence-electron chi connectivity index (χ2n) is 3.77. The number of nitriles is 1. The highest BCUT2D eigenvalue weighted by Gasteiger charge is 2.08. The molecule has 1 aromatic rings. The summed E-state index contributed by atoms with van der Waals surface area (Å²) in [6, 6.07) is 6.18. The molecule has 0 saturated carbocycles. The van der Waals surface area contributed by atoms with Crippen molar-refractivity contribution in [3.05, 3.63) is 35.0 Å². The number of halogens is 2. The average molecular weight is 314 g/mol. The molecule has 0 aliphatic rings. The number of amides is 1. The third kappa shape index (κ3) is 5.00. The van der Waals surface area contributed by atoms with Gasteiger partial charge in [-0.05, 0) is 24.6 Å². The predicted octanol–water partition coefficient (Wildman–Crippen LogP) is 2.61. The molecule has 0 heterocycles. The Morgan fingerprint density at radius 2 is 2.25 bits per heavy atom. The number of aromatic hydroxyl groups is 1. The van der Waals surface area contributed by atoms with Crippen molar-refractivity contribution in [3.8, 4) is 11.8 Å². The molecule has 3 N–H and O–H groups in total. The fourth-order valence-corrected chi connectivity index (χ4v) is 1.59. The average Bonchev–Trinajstić information content (AvgIpc) is 2.43. The molecule has 0 fully saturated rings. The van der Waals surface area contributed by atoms with E-state index in [0.29, 0.717) is 29.6 Å². The summed E-state index contributed by atoms with van der Waals surface area (Å²) in [5.74, 6) is -0.113. The summed E-state index contributed by atoms with van der Waals surface area (Å²) in [7, 11) is 0. The second kappa shape index (κ2) is 8.31. The van der Waals surface area contributed by atoms with Gasteiger partial charge in [-0.3, -0.25) is 4.79 Å². The number of rotatable bonds is 6. The number of hydrogen-bond donors (Lipinski definition) is 3. The highest BCUT2D eigenvalue weighted by molar-refractivity contribution is 6.30. The maximum Gasteiger partial charge on any atom is 0.263 e. The van der Waals surface area contributed by atoms with Gasteiger partial charge >= 0.3 is 0 Å². The number of nitrogens with zero attached hydrogens (tertiary/aromatic N) is 1. The first kappa shape index (κ1) is 16.2. The number of phenols is 1. The van der Waals surface area contributed by atoms with Crippen LogP contribution in [0.1, 0.15) is 6.42 Å². The lowest BCUT2D eigenvalue weighted by Gasteiger charge is -2.06. The van der Waals surface area contributed by atoms with Crippen molar-refractivity contribution >= 4 is 34.8 Å². The van der Waals surface area contributed by atoms with Crippen LogP contribution in [0.2, 0.25) is 5.02 Å². The van der Waals surface area contributed by atoms with Gasteiger partial charge in [-0.25, -0.2) is 0 Å². The van der Waals surface area contributed by atoms with Crippen LogP contribution in [0, 0.1) is 11.3 Å². The van der Waals surface area contributed by atoms with Crippen molar-refractivity contribution in [1.29, 1.82) is 5.26 Å². The minimum Gasteiger partial charge on any atom is -0.506 e. The van der Waals surface area contributed by atoms with Gasteiger partial charge in [-0.15, -0.1) is 11.6 Å². The molecule has 106 valence electrons. The normalized spacial score (nSPS) is 10.8. The number of nitrogens with one attached hydrogen (secondary N) is 2. The molecule has 0 unspecified atom stereocenters. The van der Waals surface area contributed by atoms with Gasteiger partial charge in [0, 0.05) is 23.6 Å². The molecule has 7 heteroatoms. The molecule has 1 aromatic carbocycles. The minimum atomic E-state index is -0.508. The summed E-state index contributed by atoms with van der Waals surface area (Å²) in [6.07, 6.45) is 1.83. The van der Waals surface area contributed by atoms with E-state index in [4.69, 9.17) is 28.5 Å². The topological polar surface area (TPSA) is 85.2 Å². The number of carbonyl (C=O) groups is 1. The number of alkyl halides is 1. The predicted molar refractivity (Wildman–Crippen MR) is 78.8 cm³/mol. The zero-order valence-corrected chi connectivity index (χ0v) is 12.0. The van der Waals surface area contributed by atoms with Gasteiger partial charge in [0.1, 0.15) is 17.4 Å². The number of anilines is 1. The Bertz CT molecular complexity index is 553. The van der Waals surface area contributed by atoms with Crippen LogP contribution in [0.4, 0.5) is 5.69 Å². The SMILES string of the molecule is N#C/C(=C/Nc1cc(Cl)ccc1O)C(=O)NCCCCl. The molecule has 0 spiro atoms. The van der Waals surface area contributed by atoms with Gasteiger partial charge < -0.3 is 15.7 Å². The minimum absolute atomic E-state index is 0.0366. The number of hydrogen-bond acceptors (Lipinski definition) is 4. The Kier molecular flexibility index (Phi) is 6.71. The van der Waals surface area contributed by atoms with Gasteiger partial charge in [0.15, 0.2) is 0 Å². The summed E-state index contributed by atoms with van der Waals surface area (Å²) >= 11 is 11.3. The van der Waals surface area contributed by atoms with Crippen molar-refractivity contribution in [2.75, 3.05) is 17.7 Å². The monoisotopic (exact) mass is 313 g/mol. The molecule has 1 amide bonds. The molecular formula is C13H13Cl2N3O2. The van der Waals surface area contributed by atoms with Crippen LogP contribution in [0.15, 0.2) is 30.0 Å². The third-order valence-electron chi connectivity index (χ3n) is 2.29. The first-order chi connectivity index (χ1) is 9.58. The van der Waals surface area contributed by atoms with E-state index in [9.17, 15) is 9.90 Å². The molecular weight excluding hydrogens is 301 g/mol. The van der Waals surface area contributed by atoms with Crippen molar-refractivity contribution < 1.29 is 9.90 Å². The van der Waals surface area contributed by atoms with E-state index in [0.717, 1.165) is 0 Å².